The molecule has 2 aromatic rings. The van der Waals surface area contributed by atoms with Crippen molar-refractivity contribution in [2.75, 3.05) is 30.4 Å². The van der Waals surface area contributed by atoms with Gasteiger partial charge in [0.2, 0.25) is 0 Å². The molecule has 2 aromatic carbocycles. The first-order valence-corrected chi connectivity index (χ1v) is 8.68. The number of benzene rings is 2. The zero-order chi connectivity index (χ0) is 18.1. The van der Waals surface area contributed by atoms with Crippen LogP contribution >= 0.6 is 0 Å². The molecule has 0 aromatic heterocycles. The summed E-state index contributed by atoms with van der Waals surface area (Å²) in [4.78, 5) is 14.5. The Morgan fingerprint density at radius 3 is 2.60 bits per heavy atom. The monoisotopic (exact) mass is 341 g/mol. The molecular formula is C20H27N3O2. The van der Waals surface area contributed by atoms with E-state index in [2.05, 4.69) is 22.5 Å². The van der Waals surface area contributed by atoms with E-state index in [4.69, 9.17) is 5.11 Å². The number of carbonyl (C=O) groups excluding carboxylic acids is 1. The van der Waals surface area contributed by atoms with E-state index in [-0.39, 0.29) is 18.7 Å². The van der Waals surface area contributed by atoms with Gasteiger partial charge in [-0.2, -0.15) is 0 Å². The molecule has 0 radical (unpaired) electrons. The molecule has 0 spiro atoms. The van der Waals surface area contributed by atoms with Gasteiger partial charge in [0, 0.05) is 31.6 Å². The van der Waals surface area contributed by atoms with Gasteiger partial charge in [0.05, 0.1) is 6.04 Å². The quantitative estimate of drug-likeness (QED) is 0.685. The lowest BCUT2D eigenvalue weighted by molar-refractivity contribution is 0.244. The standard InChI is InChI=1S/C20H27N3O2/c1-3-23(2)18-12-7-11-17(15-18)21-20(25)22-19(13-8-14-24)16-9-5-4-6-10-16/h4-7,9-12,15,19,24H,3,8,13-14H2,1-2H3,(H2,21,22,25)/t19-/m0/s1. The van der Waals surface area contributed by atoms with Crippen LogP contribution in [0.15, 0.2) is 54.6 Å². The number of nitrogens with zero attached hydrogens (tertiary/aromatic N) is 1. The van der Waals surface area contributed by atoms with Crippen LogP contribution in [0.25, 0.3) is 0 Å². The number of amides is 2. The van der Waals surface area contributed by atoms with E-state index in [1.165, 1.54) is 0 Å². The summed E-state index contributed by atoms with van der Waals surface area (Å²) in [5, 5.41) is 15.0. The minimum Gasteiger partial charge on any atom is -0.396 e. The molecule has 5 nitrogen and oxygen atoms in total. The predicted octanol–water partition coefficient (Wildman–Crippen LogP) is 3.78. The van der Waals surface area contributed by atoms with E-state index in [0.29, 0.717) is 12.8 Å². The van der Waals surface area contributed by atoms with Gasteiger partial charge in [-0.3, -0.25) is 0 Å². The minimum atomic E-state index is -0.247. The highest BCUT2D eigenvalue weighted by atomic mass is 16.3. The molecule has 0 saturated heterocycles. The fraction of sp³-hybridized carbons (Fsp3) is 0.350. The van der Waals surface area contributed by atoms with Crippen LogP contribution < -0.4 is 15.5 Å². The van der Waals surface area contributed by atoms with Crippen molar-refractivity contribution in [1.82, 2.24) is 5.32 Å². The maximum Gasteiger partial charge on any atom is 0.319 e. The normalized spacial score (nSPS) is 11.6. The van der Waals surface area contributed by atoms with Crippen molar-refractivity contribution in [3.63, 3.8) is 0 Å². The van der Waals surface area contributed by atoms with E-state index in [0.717, 1.165) is 23.5 Å². The molecule has 0 aliphatic carbocycles. The number of anilines is 2. The molecular weight excluding hydrogens is 314 g/mol. The van der Waals surface area contributed by atoms with Gasteiger partial charge in [-0.05, 0) is 43.5 Å². The smallest absolute Gasteiger partial charge is 0.319 e. The summed E-state index contributed by atoms with van der Waals surface area (Å²) in [6.07, 6.45) is 1.32. The zero-order valence-corrected chi connectivity index (χ0v) is 14.9. The summed E-state index contributed by atoms with van der Waals surface area (Å²) in [6, 6.07) is 17.2. The molecule has 2 amide bonds. The SMILES string of the molecule is CCN(C)c1cccc(NC(=O)N[C@@H](CCCO)c2ccccc2)c1. The fourth-order valence-electron chi connectivity index (χ4n) is 2.63. The van der Waals surface area contributed by atoms with Crippen molar-refractivity contribution in [3.05, 3.63) is 60.2 Å². The Morgan fingerprint density at radius 2 is 1.92 bits per heavy atom. The maximum absolute atomic E-state index is 12.4. The summed E-state index contributed by atoms with van der Waals surface area (Å²) < 4.78 is 0. The Hall–Kier alpha value is -2.53. The third-order valence-corrected chi connectivity index (χ3v) is 4.18. The van der Waals surface area contributed by atoms with Gasteiger partial charge in [-0.25, -0.2) is 4.79 Å². The van der Waals surface area contributed by atoms with Crippen LogP contribution in [0.3, 0.4) is 0 Å². The van der Waals surface area contributed by atoms with Gasteiger partial charge in [0.1, 0.15) is 0 Å². The molecule has 2 rings (SSSR count). The topological polar surface area (TPSA) is 64.6 Å². The number of nitrogens with one attached hydrogen (secondary N) is 2. The van der Waals surface area contributed by atoms with Crippen molar-refractivity contribution in [2.24, 2.45) is 0 Å². The minimum absolute atomic E-state index is 0.109. The Kier molecular flexibility index (Phi) is 7.29. The second kappa shape index (κ2) is 9.69. The van der Waals surface area contributed by atoms with Crippen LogP contribution in [-0.2, 0) is 0 Å². The Balaban J connectivity index is 2.03. The van der Waals surface area contributed by atoms with Gasteiger partial charge < -0.3 is 20.6 Å². The molecule has 3 N–H and O–H groups in total. The van der Waals surface area contributed by atoms with Gasteiger partial charge in [0.25, 0.3) is 0 Å². The van der Waals surface area contributed by atoms with Crippen molar-refractivity contribution < 1.29 is 9.90 Å². The summed E-state index contributed by atoms with van der Waals surface area (Å²) >= 11 is 0. The predicted molar refractivity (Wildman–Crippen MR) is 103 cm³/mol. The zero-order valence-electron chi connectivity index (χ0n) is 14.9. The molecule has 25 heavy (non-hydrogen) atoms. The third-order valence-electron chi connectivity index (χ3n) is 4.18. The maximum atomic E-state index is 12.4. The number of hydrogen-bond acceptors (Lipinski definition) is 3. The Bertz CT molecular complexity index is 661. The highest BCUT2D eigenvalue weighted by Crippen LogP contribution is 2.20. The van der Waals surface area contributed by atoms with Crippen molar-refractivity contribution in [3.8, 4) is 0 Å². The second-order valence-corrected chi connectivity index (χ2v) is 5.99. The molecule has 0 heterocycles. The van der Waals surface area contributed by atoms with Crippen molar-refractivity contribution in [2.45, 2.75) is 25.8 Å². The first kappa shape index (κ1) is 18.8. The lowest BCUT2D eigenvalue weighted by Gasteiger charge is -2.20. The number of hydrogen-bond donors (Lipinski definition) is 3. The van der Waals surface area contributed by atoms with E-state index in [1.54, 1.807) is 0 Å². The van der Waals surface area contributed by atoms with Gasteiger partial charge in [-0.1, -0.05) is 36.4 Å². The Labute approximate surface area is 149 Å². The summed E-state index contributed by atoms with van der Waals surface area (Å²) in [5.41, 5.74) is 2.84. The molecule has 0 aliphatic rings. The van der Waals surface area contributed by atoms with Gasteiger partial charge in [-0.15, -0.1) is 0 Å². The number of carbonyl (C=O) groups is 1. The van der Waals surface area contributed by atoms with E-state index >= 15 is 0 Å². The average Bonchev–Trinajstić information content (AvgIpc) is 2.65. The Morgan fingerprint density at radius 1 is 1.16 bits per heavy atom. The second-order valence-electron chi connectivity index (χ2n) is 5.99. The van der Waals surface area contributed by atoms with Crippen molar-refractivity contribution >= 4 is 17.4 Å². The highest BCUT2D eigenvalue weighted by Gasteiger charge is 2.14. The lowest BCUT2D eigenvalue weighted by atomic mass is 10.0. The van der Waals surface area contributed by atoms with Crippen LogP contribution in [0.5, 0.6) is 0 Å². The molecule has 5 heteroatoms. The molecule has 0 bridgehead atoms. The number of rotatable bonds is 8. The van der Waals surface area contributed by atoms with E-state index < -0.39 is 0 Å². The van der Waals surface area contributed by atoms with Gasteiger partial charge in [0.15, 0.2) is 0 Å². The van der Waals surface area contributed by atoms with Crippen LogP contribution in [0.4, 0.5) is 16.2 Å². The molecule has 134 valence electrons. The van der Waals surface area contributed by atoms with Crippen molar-refractivity contribution in [1.29, 1.82) is 0 Å². The van der Waals surface area contributed by atoms with Crippen LogP contribution in [0, 0.1) is 0 Å². The number of aliphatic hydroxyl groups is 1. The van der Waals surface area contributed by atoms with Crippen LogP contribution in [0.1, 0.15) is 31.4 Å². The highest BCUT2D eigenvalue weighted by molar-refractivity contribution is 5.90. The van der Waals surface area contributed by atoms with E-state index in [1.807, 2.05) is 61.6 Å². The molecule has 0 saturated carbocycles. The summed E-state index contributed by atoms with van der Waals surface area (Å²) in [7, 11) is 2.01. The molecule has 0 unspecified atom stereocenters. The average molecular weight is 341 g/mol. The molecule has 0 aliphatic heterocycles. The fourth-order valence-corrected chi connectivity index (χ4v) is 2.63. The lowest BCUT2D eigenvalue weighted by Crippen LogP contribution is -2.32. The number of urea groups is 1. The number of aliphatic hydroxyl groups excluding tert-OH is 1. The largest absolute Gasteiger partial charge is 0.396 e. The van der Waals surface area contributed by atoms with Gasteiger partial charge >= 0.3 is 6.03 Å². The van der Waals surface area contributed by atoms with Crippen LogP contribution in [0.2, 0.25) is 0 Å². The van der Waals surface area contributed by atoms with E-state index in [9.17, 15) is 4.79 Å². The first-order chi connectivity index (χ1) is 12.1. The first-order valence-electron chi connectivity index (χ1n) is 8.68. The third kappa shape index (κ3) is 5.80. The molecule has 1 atom stereocenters. The summed E-state index contributed by atoms with van der Waals surface area (Å²) in [5.74, 6) is 0. The summed E-state index contributed by atoms with van der Waals surface area (Å²) in [6.45, 7) is 3.09. The van der Waals surface area contributed by atoms with Crippen LogP contribution in [-0.4, -0.2) is 31.3 Å². The molecule has 0 fully saturated rings.